The van der Waals surface area contributed by atoms with E-state index < -0.39 is 0 Å². The van der Waals surface area contributed by atoms with Crippen LogP contribution in [0.1, 0.15) is 11.4 Å². The smallest absolute Gasteiger partial charge is 0.258 e. The number of pyridine rings is 1. The van der Waals surface area contributed by atoms with E-state index in [1.165, 1.54) is 11.3 Å². The Kier molecular flexibility index (Phi) is 4.21. The van der Waals surface area contributed by atoms with Crippen molar-refractivity contribution in [2.24, 2.45) is 0 Å². The number of methoxy groups -OCH3 is 1. The summed E-state index contributed by atoms with van der Waals surface area (Å²) in [4.78, 5) is 21.4. The van der Waals surface area contributed by atoms with Gasteiger partial charge in [-0.25, -0.2) is 4.98 Å². The lowest BCUT2D eigenvalue weighted by Gasteiger charge is -2.04. The number of ether oxygens (including phenoxy) is 1. The number of nitrogens with zero attached hydrogens (tertiary/aromatic N) is 3. The summed E-state index contributed by atoms with van der Waals surface area (Å²) in [5, 5.41) is 1.86. The predicted molar refractivity (Wildman–Crippen MR) is 85.1 cm³/mol. The van der Waals surface area contributed by atoms with Crippen LogP contribution < -0.4 is 10.3 Å². The molecule has 0 fully saturated rings. The van der Waals surface area contributed by atoms with Gasteiger partial charge in [-0.15, -0.1) is 23.1 Å². The molecule has 21 heavy (non-hydrogen) atoms. The van der Waals surface area contributed by atoms with Gasteiger partial charge in [-0.1, -0.05) is 0 Å². The fourth-order valence-electron chi connectivity index (χ4n) is 1.88. The predicted octanol–water partition coefficient (Wildman–Crippen LogP) is 2.59. The molecule has 108 valence electrons. The average molecular weight is 319 g/mol. The molecule has 0 aliphatic rings. The molecule has 0 saturated heterocycles. The molecular weight excluding hydrogens is 306 g/mol. The summed E-state index contributed by atoms with van der Waals surface area (Å²) in [6.45, 7) is 0. The van der Waals surface area contributed by atoms with Crippen LogP contribution in [0.2, 0.25) is 0 Å². The molecule has 0 unspecified atom stereocenters. The standard InChI is InChI=1S/C14H13N3O2S2/c1-19-12-2-3-15-10(6-12)8-20-9-11-7-13(18)17-4-5-21-14(17)16-11/h2-7H,8-9H2,1H3. The van der Waals surface area contributed by atoms with E-state index >= 15 is 0 Å². The largest absolute Gasteiger partial charge is 0.497 e. The van der Waals surface area contributed by atoms with E-state index in [0.29, 0.717) is 5.75 Å². The number of rotatable bonds is 5. The Morgan fingerprint density at radius 2 is 2.19 bits per heavy atom. The van der Waals surface area contributed by atoms with Crippen molar-refractivity contribution in [2.75, 3.05) is 7.11 Å². The first-order valence-electron chi connectivity index (χ1n) is 6.29. The van der Waals surface area contributed by atoms with E-state index in [9.17, 15) is 4.79 Å². The minimum Gasteiger partial charge on any atom is -0.497 e. The van der Waals surface area contributed by atoms with Crippen LogP contribution in [-0.4, -0.2) is 21.5 Å². The van der Waals surface area contributed by atoms with Crippen LogP contribution in [0.5, 0.6) is 5.75 Å². The van der Waals surface area contributed by atoms with E-state index in [0.717, 1.165) is 27.9 Å². The zero-order valence-corrected chi connectivity index (χ0v) is 13.0. The van der Waals surface area contributed by atoms with E-state index in [1.807, 2.05) is 17.5 Å². The lowest BCUT2D eigenvalue weighted by molar-refractivity contribution is 0.413. The number of thiazole rings is 1. The molecule has 0 aliphatic carbocycles. The molecule has 3 aromatic rings. The van der Waals surface area contributed by atoms with E-state index in [2.05, 4.69) is 9.97 Å². The first kappa shape index (κ1) is 14.1. The Balaban J connectivity index is 1.67. The van der Waals surface area contributed by atoms with Gasteiger partial charge in [-0.2, -0.15) is 0 Å². The Bertz CT molecular complexity index is 813. The van der Waals surface area contributed by atoms with Crippen molar-refractivity contribution in [3.8, 4) is 5.75 Å². The minimum atomic E-state index is -0.0312. The number of thioether (sulfide) groups is 1. The molecule has 0 aliphatic heterocycles. The molecule has 0 atom stereocenters. The molecule has 5 nitrogen and oxygen atoms in total. The summed E-state index contributed by atoms with van der Waals surface area (Å²) in [7, 11) is 1.64. The van der Waals surface area contributed by atoms with Crippen LogP contribution in [0, 0.1) is 0 Å². The second-order valence-electron chi connectivity index (χ2n) is 4.32. The molecule has 0 radical (unpaired) electrons. The molecule has 3 aromatic heterocycles. The highest BCUT2D eigenvalue weighted by atomic mass is 32.2. The van der Waals surface area contributed by atoms with Crippen LogP contribution >= 0.6 is 23.1 Å². The van der Waals surface area contributed by atoms with Crippen LogP contribution in [0.3, 0.4) is 0 Å². The summed E-state index contributed by atoms with van der Waals surface area (Å²) in [5.74, 6) is 2.24. The second kappa shape index (κ2) is 6.28. The SMILES string of the molecule is COc1ccnc(CSCc2cc(=O)n3ccsc3n2)c1. The van der Waals surface area contributed by atoms with Crippen molar-refractivity contribution < 1.29 is 4.74 Å². The van der Waals surface area contributed by atoms with Gasteiger partial charge in [0.05, 0.1) is 18.5 Å². The molecular formula is C14H13N3O2S2. The van der Waals surface area contributed by atoms with E-state index in [4.69, 9.17) is 4.74 Å². The van der Waals surface area contributed by atoms with Gasteiger partial charge < -0.3 is 4.74 Å². The van der Waals surface area contributed by atoms with E-state index in [-0.39, 0.29) is 5.56 Å². The van der Waals surface area contributed by atoms with Gasteiger partial charge in [0.25, 0.3) is 5.56 Å². The fraction of sp³-hybridized carbons (Fsp3) is 0.214. The molecule has 0 aromatic carbocycles. The highest BCUT2D eigenvalue weighted by molar-refractivity contribution is 7.97. The number of fused-ring (bicyclic) bond motifs is 1. The zero-order chi connectivity index (χ0) is 14.7. The van der Waals surface area contributed by atoms with Gasteiger partial charge in [0.15, 0.2) is 4.96 Å². The van der Waals surface area contributed by atoms with E-state index in [1.54, 1.807) is 41.7 Å². The van der Waals surface area contributed by atoms with Gasteiger partial charge in [0.2, 0.25) is 0 Å². The monoisotopic (exact) mass is 319 g/mol. The maximum Gasteiger partial charge on any atom is 0.258 e. The lowest BCUT2D eigenvalue weighted by Crippen LogP contribution is -2.12. The molecule has 0 bridgehead atoms. The maximum absolute atomic E-state index is 11.9. The van der Waals surface area contributed by atoms with Crippen molar-refractivity contribution >= 4 is 28.1 Å². The highest BCUT2D eigenvalue weighted by Crippen LogP contribution is 2.18. The van der Waals surface area contributed by atoms with Gasteiger partial charge in [-0.05, 0) is 6.07 Å². The molecule has 0 N–H and O–H groups in total. The summed E-state index contributed by atoms with van der Waals surface area (Å²) in [5.41, 5.74) is 1.72. The first-order chi connectivity index (χ1) is 10.3. The van der Waals surface area contributed by atoms with Crippen molar-refractivity contribution in [3.05, 3.63) is 57.7 Å². The summed E-state index contributed by atoms with van der Waals surface area (Å²) in [6, 6.07) is 5.32. The number of aromatic nitrogens is 3. The normalized spacial score (nSPS) is 10.9. The molecule has 0 spiro atoms. The topological polar surface area (TPSA) is 56.5 Å². The highest BCUT2D eigenvalue weighted by Gasteiger charge is 2.04. The molecule has 3 rings (SSSR count). The van der Waals surface area contributed by atoms with Gasteiger partial charge in [0.1, 0.15) is 5.75 Å². The molecule has 7 heteroatoms. The van der Waals surface area contributed by atoms with Gasteiger partial charge in [-0.3, -0.25) is 14.2 Å². The van der Waals surface area contributed by atoms with Gasteiger partial charge in [0, 0.05) is 41.4 Å². The van der Waals surface area contributed by atoms with Crippen molar-refractivity contribution in [1.29, 1.82) is 0 Å². The maximum atomic E-state index is 11.9. The van der Waals surface area contributed by atoms with Crippen LogP contribution in [0.4, 0.5) is 0 Å². The van der Waals surface area contributed by atoms with Crippen LogP contribution in [-0.2, 0) is 11.5 Å². The number of hydrogen-bond donors (Lipinski definition) is 0. The Labute approximate surface area is 129 Å². The quantitative estimate of drug-likeness (QED) is 0.723. The Morgan fingerprint density at radius 3 is 3.05 bits per heavy atom. The lowest BCUT2D eigenvalue weighted by atomic mass is 10.3. The average Bonchev–Trinajstić information content (AvgIpc) is 2.96. The van der Waals surface area contributed by atoms with Crippen molar-refractivity contribution in [1.82, 2.24) is 14.4 Å². The third-order valence-corrected chi connectivity index (χ3v) is 4.64. The van der Waals surface area contributed by atoms with Crippen LogP contribution in [0.15, 0.2) is 40.8 Å². The van der Waals surface area contributed by atoms with Gasteiger partial charge >= 0.3 is 0 Å². The minimum absolute atomic E-state index is 0.0312. The Hall–Kier alpha value is -1.86. The molecule has 3 heterocycles. The third-order valence-electron chi connectivity index (χ3n) is 2.88. The summed E-state index contributed by atoms with van der Waals surface area (Å²) >= 11 is 3.14. The second-order valence-corrected chi connectivity index (χ2v) is 6.18. The summed E-state index contributed by atoms with van der Waals surface area (Å²) < 4.78 is 6.73. The van der Waals surface area contributed by atoms with Crippen molar-refractivity contribution in [2.45, 2.75) is 11.5 Å². The summed E-state index contributed by atoms with van der Waals surface area (Å²) in [6.07, 6.45) is 3.48. The first-order valence-corrected chi connectivity index (χ1v) is 8.32. The Morgan fingerprint density at radius 1 is 1.33 bits per heavy atom. The fourth-order valence-corrected chi connectivity index (χ4v) is 3.45. The van der Waals surface area contributed by atoms with Crippen LogP contribution in [0.25, 0.3) is 4.96 Å². The van der Waals surface area contributed by atoms with Crippen molar-refractivity contribution in [3.63, 3.8) is 0 Å². The zero-order valence-electron chi connectivity index (χ0n) is 11.4. The molecule has 0 saturated carbocycles. The number of hydrogen-bond acceptors (Lipinski definition) is 6. The third kappa shape index (κ3) is 3.25. The molecule has 0 amide bonds.